The van der Waals surface area contributed by atoms with E-state index in [0.29, 0.717) is 63.9 Å². The molecule has 4 saturated heterocycles. The SMILES string of the molecule is C#Cc1c(F)ccc2cc(O)cc(-c3c(C(C)C)cc4c(N5CC6CCC(C5)N6)nc(OCC5(CN6C7COCC6C7)CC5)nc4c3F)c12. The van der Waals surface area contributed by atoms with Crippen molar-refractivity contribution in [3.63, 3.8) is 0 Å². The van der Waals surface area contributed by atoms with Crippen LogP contribution in [0.25, 0.3) is 32.8 Å². The molecule has 9 rings (SSSR count). The normalized spacial score (nSPS) is 25.5. The molecule has 4 aliphatic heterocycles. The summed E-state index contributed by atoms with van der Waals surface area (Å²) >= 11 is 0. The zero-order valence-corrected chi connectivity index (χ0v) is 27.9. The first kappa shape index (κ1) is 31.0. The average Bonchev–Trinajstić information content (AvgIpc) is 3.80. The summed E-state index contributed by atoms with van der Waals surface area (Å²) in [6, 6.07) is 9.61. The van der Waals surface area contributed by atoms with Crippen LogP contribution < -0.4 is 15.0 Å². The first-order valence-corrected chi connectivity index (χ1v) is 17.6. The third kappa shape index (κ3) is 5.20. The van der Waals surface area contributed by atoms with Crippen LogP contribution in [0.3, 0.4) is 0 Å². The van der Waals surface area contributed by atoms with E-state index in [1.807, 2.05) is 19.9 Å². The van der Waals surface area contributed by atoms with Gasteiger partial charge >= 0.3 is 6.01 Å². The van der Waals surface area contributed by atoms with Crippen molar-refractivity contribution >= 4 is 27.5 Å². The highest BCUT2D eigenvalue weighted by Crippen LogP contribution is 2.50. The number of rotatable bonds is 8. The summed E-state index contributed by atoms with van der Waals surface area (Å²) in [4.78, 5) is 14.6. The van der Waals surface area contributed by atoms with E-state index in [1.165, 1.54) is 24.6 Å². The highest BCUT2D eigenvalue weighted by atomic mass is 19.1. The standard InChI is InChI=1S/C39H41F2N5O3/c1-4-28-32(40)8-5-22-11-27(47)13-30(33(22)28)34-29(21(2)3)14-31-36(35(34)41)43-38(44-37(31)45-15-23-6-7-24(16-45)42-23)49-20-39(9-10-39)19-46-25-12-26(46)18-48-17-25/h1,5,8,11,13-14,21,23-26,42,47H,6-7,9-10,12,15-20H2,2-3H3. The van der Waals surface area contributed by atoms with Crippen LogP contribution in [-0.4, -0.2) is 83.6 Å². The highest BCUT2D eigenvalue weighted by Gasteiger charge is 2.51. The van der Waals surface area contributed by atoms with Gasteiger partial charge in [-0.25, -0.2) is 8.78 Å². The molecule has 4 bridgehead atoms. The number of aromatic nitrogens is 2. The summed E-state index contributed by atoms with van der Waals surface area (Å²) in [7, 11) is 0. The Balaban J connectivity index is 1.18. The molecule has 49 heavy (non-hydrogen) atoms. The van der Waals surface area contributed by atoms with Crippen LogP contribution in [-0.2, 0) is 4.74 Å². The number of ether oxygens (including phenoxy) is 2. The monoisotopic (exact) mass is 665 g/mol. The van der Waals surface area contributed by atoms with Gasteiger partial charge in [0, 0.05) is 65.6 Å². The molecule has 4 atom stereocenters. The largest absolute Gasteiger partial charge is 0.508 e. The molecule has 8 nitrogen and oxygen atoms in total. The van der Waals surface area contributed by atoms with E-state index in [1.54, 1.807) is 6.07 Å². The number of hydrogen-bond donors (Lipinski definition) is 2. The van der Waals surface area contributed by atoms with Crippen molar-refractivity contribution in [2.24, 2.45) is 5.41 Å². The summed E-state index contributed by atoms with van der Waals surface area (Å²) in [6.07, 6.45) is 11.3. The van der Waals surface area contributed by atoms with Gasteiger partial charge in [-0.15, -0.1) is 6.42 Å². The Morgan fingerprint density at radius 2 is 1.86 bits per heavy atom. The predicted octanol–water partition coefficient (Wildman–Crippen LogP) is 6.11. The number of morpholine rings is 1. The second-order valence-electron chi connectivity index (χ2n) is 15.3. The van der Waals surface area contributed by atoms with E-state index < -0.39 is 11.6 Å². The average molecular weight is 666 g/mol. The van der Waals surface area contributed by atoms with Crippen LogP contribution in [0.15, 0.2) is 30.3 Å². The van der Waals surface area contributed by atoms with E-state index in [-0.39, 0.29) is 39.7 Å². The molecule has 254 valence electrons. The van der Waals surface area contributed by atoms with Crippen molar-refractivity contribution in [1.29, 1.82) is 0 Å². The molecule has 5 heterocycles. The Morgan fingerprint density at radius 3 is 2.53 bits per heavy atom. The van der Waals surface area contributed by atoms with Crippen LogP contribution in [0.2, 0.25) is 0 Å². The molecule has 4 aromatic rings. The number of phenolic OH excluding ortho intramolecular Hbond substituents is 1. The summed E-state index contributed by atoms with van der Waals surface area (Å²) in [5.74, 6) is 1.80. The number of phenols is 1. The van der Waals surface area contributed by atoms with Crippen molar-refractivity contribution in [2.45, 2.75) is 76.0 Å². The Labute approximate surface area is 284 Å². The molecule has 1 saturated carbocycles. The van der Waals surface area contributed by atoms with Gasteiger partial charge in [-0.2, -0.15) is 9.97 Å². The lowest BCUT2D eigenvalue weighted by Crippen LogP contribution is -2.65. The molecule has 0 amide bonds. The topological polar surface area (TPSA) is 83.0 Å². The second-order valence-corrected chi connectivity index (χ2v) is 15.3. The number of halogens is 2. The van der Waals surface area contributed by atoms with Gasteiger partial charge in [-0.3, -0.25) is 4.90 Å². The van der Waals surface area contributed by atoms with Crippen molar-refractivity contribution in [1.82, 2.24) is 20.2 Å². The fourth-order valence-electron chi connectivity index (χ4n) is 8.78. The van der Waals surface area contributed by atoms with Gasteiger partial charge in [-0.1, -0.05) is 25.8 Å². The van der Waals surface area contributed by atoms with Crippen LogP contribution in [0.1, 0.15) is 63.0 Å². The van der Waals surface area contributed by atoms with Crippen LogP contribution in [0, 0.1) is 29.4 Å². The fraction of sp³-hybridized carbons (Fsp3) is 0.487. The van der Waals surface area contributed by atoms with E-state index in [9.17, 15) is 5.11 Å². The van der Waals surface area contributed by atoms with Crippen molar-refractivity contribution in [3.05, 3.63) is 53.1 Å². The minimum atomic E-state index is -0.578. The number of hydrogen-bond acceptors (Lipinski definition) is 8. The van der Waals surface area contributed by atoms with E-state index in [4.69, 9.17) is 25.9 Å². The van der Waals surface area contributed by atoms with Gasteiger partial charge in [0.1, 0.15) is 22.9 Å². The van der Waals surface area contributed by atoms with Crippen LogP contribution in [0.4, 0.5) is 14.6 Å². The molecule has 1 aromatic heterocycles. The van der Waals surface area contributed by atoms with Gasteiger partial charge < -0.3 is 24.8 Å². The zero-order chi connectivity index (χ0) is 33.6. The molecule has 0 radical (unpaired) electrons. The lowest BCUT2D eigenvalue weighted by molar-refractivity contribution is -0.135. The second kappa shape index (κ2) is 11.5. The van der Waals surface area contributed by atoms with Gasteiger partial charge in [0.15, 0.2) is 5.82 Å². The first-order valence-electron chi connectivity index (χ1n) is 17.6. The molecule has 5 aliphatic rings. The molecule has 4 unspecified atom stereocenters. The Morgan fingerprint density at radius 1 is 1.10 bits per heavy atom. The molecule has 3 aromatic carbocycles. The van der Waals surface area contributed by atoms with Crippen molar-refractivity contribution < 1.29 is 23.4 Å². The number of fused-ring (bicyclic) bond motifs is 6. The maximum Gasteiger partial charge on any atom is 0.319 e. The number of nitrogens with one attached hydrogen (secondary N) is 1. The summed E-state index contributed by atoms with van der Waals surface area (Å²) in [5, 5.41) is 16.0. The lowest BCUT2D eigenvalue weighted by atomic mass is 9.86. The Kier molecular flexibility index (Phi) is 7.28. The van der Waals surface area contributed by atoms with Crippen molar-refractivity contribution in [2.75, 3.05) is 44.4 Å². The van der Waals surface area contributed by atoms with E-state index in [2.05, 4.69) is 21.0 Å². The van der Waals surface area contributed by atoms with Crippen LogP contribution >= 0.6 is 0 Å². The smallest absolute Gasteiger partial charge is 0.319 e. The quantitative estimate of drug-likeness (QED) is 0.218. The van der Waals surface area contributed by atoms with Gasteiger partial charge in [0.25, 0.3) is 0 Å². The molecule has 5 fully saturated rings. The maximum absolute atomic E-state index is 17.5. The summed E-state index contributed by atoms with van der Waals surface area (Å²) in [6.45, 7) is 8.51. The Bertz CT molecular complexity index is 2020. The van der Waals surface area contributed by atoms with Gasteiger partial charge in [0.05, 0.1) is 25.4 Å². The van der Waals surface area contributed by atoms with Crippen molar-refractivity contribution in [3.8, 4) is 35.2 Å². The highest BCUT2D eigenvalue weighted by molar-refractivity contribution is 6.05. The molecule has 0 spiro atoms. The summed E-state index contributed by atoms with van der Waals surface area (Å²) in [5.41, 5.74) is 1.46. The molecule has 1 aliphatic carbocycles. The number of anilines is 1. The number of benzene rings is 3. The molecular weight excluding hydrogens is 624 g/mol. The maximum atomic E-state index is 17.5. The van der Waals surface area contributed by atoms with E-state index >= 15 is 8.78 Å². The molecular formula is C39H41F2N5O3. The minimum Gasteiger partial charge on any atom is -0.508 e. The van der Waals surface area contributed by atoms with Crippen LogP contribution in [0.5, 0.6) is 11.8 Å². The first-order chi connectivity index (χ1) is 23.7. The third-order valence-corrected chi connectivity index (χ3v) is 11.6. The predicted molar refractivity (Wildman–Crippen MR) is 185 cm³/mol. The number of nitrogens with zero attached hydrogens (tertiary/aromatic N) is 4. The number of terminal acetylenes is 1. The van der Waals surface area contributed by atoms with E-state index in [0.717, 1.165) is 58.5 Å². The fourth-order valence-corrected chi connectivity index (χ4v) is 8.78. The van der Waals surface area contributed by atoms with Gasteiger partial charge in [-0.05, 0) is 78.8 Å². The zero-order valence-electron chi connectivity index (χ0n) is 27.9. The number of aromatic hydroxyl groups is 1. The summed E-state index contributed by atoms with van der Waals surface area (Å²) < 4.78 is 44.7. The lowest BCUT2D eigenvalue weighted by Gasteiger charge is -2.53. The van der Waals surface area contributed by atoms with Gasteiger partial charge in [0.2, 0.25) is 0 Å². The molecule has 2 N–H and O–H groups in total. The number of piperazine rings is 1. The Hall–Kier alpha value is -4.04. The third-order valence-electron chi connectivity index (χ3n) is 11.6. The molecule has 10 heteroatoms. The minimum absolute atomic E-state index is 0.0260.